The van der Waals surface area contributed by atoms with Gasteiger partial charge in [-0.15, -0.1) is 0 Å². The number of hydrogen-bond acceptors (Lipinski definition) is 4. The molecule has 0 bridgehead atoms. The van der Waals surface area contributed by atoms with Gasteiger partial charge in [-0.3, -0.25) is 9.59 Å². The largest absolute Gasteiger partial charge is 0.468 e. The molecule has 1 aromatic carbocycles. The molecule has 1 saturated heterocycles. The zero-order valence-corrected chi connectivity index (χ0v) is 12.7. The third-order valence-corrected chi connectivity index (χ3v) is 3.38. The fraction of sp³-hybridized carbons (Fsp3) is 0.154. The van der Waals surface area contributed by atoms with Gasteiger partial charge in [0, 0.05) is 3.57 Å². The van der Waals surface area contributed by atoms with E-state index in [1.165, 1.54) is 7.11 Å². The van der Waals surface area contributed by atoms with E-state index in [1.807, 2.05) is 24.3 Å². The Kier molecular flexibility index (Phi) is 4.38. The highest BCUT2D eigenvalue weighted by molar-refractivity contribution is 14.1. The van der Waals surface area contributed by atoms with E-state index in [9.17, 15) is 14.4 Å². The molecule has 1 aliphatic rings. The van der Waals surface area contributed by atoms with Gasteiger partial charge in [0.2, 0.25) is 0 Å². The third kappa shape index (κ3) is 3.16. The Morgan fingerprint density at radius 2 is 2.00 bits per heavy atom. The van der Waals surface area contributed by atoms with E-state index in [0.29, 0.717) is 0 Å². The Morgan fingerprint density at radius 1 is 1.35 bits per heavy atom. The van der Waals surface area contributed by atoms with Crippen LogP contribution in [-0.2, 0) is 14.3 Å². The van der Waals surface area contributed by atoms with Crippen LogP contribution in [0.3, 0.4) is 0 Å². The number of halogens is 1. The predicted molar refractivity (Wildman–Crippen MR) is 79.4 cm³/mol. The van der Waals surface area contributed by atoms with E-state index >= 15 is 0 Å². The molecule has 0 radical (unpaired) electrons. The molecule has 3 amide bonds. The normalized spacial score (nSPS) is 16.5. The summed E-state index contributed by atoms with van der Waals surface area (Å²) in [6.45, 7) is -0.398. The lowest BCUT2D eigenvalue weighted by molar-refractivity contribution is -0.143. The van der Waals surface area contributed by atoms with Crippen LogP contribution in [-0.4, -0.2) is 36.5 Å². The number of esters is 1. The first kappa shape index (κ1) is 14.5. The number of methoxy groups -OCH3 is 1. The van der Waals surface area contributed by atoms with Crippen molar-refractivity contribution in [1.29, 1.82) is 0 Å². The van der Waals surface area contributed by atoms with Gasteiger partial charge in [-0.25, -0.2) is 9.69 Å². The molecule has 0 spiro atoms. The minimum Gasteiger partial charge on any atom is -0.468 e. The number of imide groups is 1. The van der Waals surface area contributed by atoms with Gasteiger partial charge >= 0.3 is 12.0 Å². The highest BCUT2D eigenvalue weighted by atomic mass is 127. The summed E-state index contributed by atoms with van der Waals surface area (Å²) in [4.78, 5) is 35.6. The Morgan fingerprint density at radius 3 is 2.60 bits per heavy atom. The van der Waals surface area contributed by atoms with Crippen LogP contribution >= 0.6 is 22.6 Å². The first-order valence-corrected chi connectivity index (χ1v) is 6.76. The monoisotopic (exact) mass is 386 g/mol. The highest BCUT2D eigenvalue weighted by Crippen LogP contribution is 2.15. The van der Waals surface area contributed by atoms with Crippen LogP contribution in [0.4, 0.5) is 4.79 Å². The number of carbonyl (C=O) groups is 3. The van der Waals surface area contributed by atoms with Crippen LogP contribution in [0.5, 0.6) is 0 Å². The lowest BCUT2D eigenvalue weighted by Crippen LogP contribution is -2.36. The van der Waals surface area contributed by atoms with Crippen LogP contribution < -0.4 is 5.32 Å². The minimum atomic E-state index is -0.649. The lowest BCUT2D eigenvalue weighted by Gasteiger charge is -2.08. The number of hydrogen-bond donors (Lipinski definition) is 1. The summed E-state index contributed by atoms with van der Waals surface area (Å²) >= 11 is 2.17. The summed E-state index contributed by atoms with van der Waals surface area (Å²) in [5, 5.41) is 2.44. The van der Waals surface area contributed by atoms with Crippen molar-refractivity contribution in [3.63, 3.8) is 0 Å². The Bertz CT molecular complexity index is 595. The van der Waals surface area contributed by atoms with Crippen molar-refractivity contribution < 1.29 is 19.1 Å². The molecule has 1 aromatic rings. The van der Waals surface area contributed by atoms with Crippen LogP contribution in [0.15, 0.2) is 30.0 Å². The maximum atomic E-state index is 12.0. The molecule has 1 heterocycles. The quantitative estimate of drug-likeness (QED) is 0.369. The number of urea groups is 1. The summed E-state index contributed by atoms with van der Waals surface area (Å²) in [5.41, 5.74) is 0.925. The maximum Gasteiger partial charge on any atom is 0.329 e. The number of carbonyl (C=O) groups excluding carboxylic acids is 3. The molecule has 2 rings (SSSR count). The lowest BCUT2D eigenvalue weighted by atomic mass is 10.2. The first-order chi connectivity index (χ1) is 9.51. The summed E-state index contributed by atoms with van der Waals surface area (Å²) in [7, 11) is 1.20. The van der Waals surface area contributed by atoms with Gasteiger partial charge in [-0.2, -0.15) is 0 Å². The topological polar surface area (TPSA) is 75.7 Å². The molecule has 0 aromatic heterocycles. The first-order valence-electron chi connectivity index (χ1n) is 5.68. The molecule has 1 aliphatic heterocycles. The van der Waals surface area contributed by atoms with Gasteiger partial charge in [-0.05, 0) is 46.4 Å². The highest BCUT2D eigenvalue weighted by Gasteiger charge is 2.35. The molecule has 0 aliphatic carbocycles. The van der Waals surface area contributed by atoms with Crippen molar-refractivity contribution in [2.75, 3.05) is 13.7 Å². The van der Waals surface area contributed by atoms with E-state index < -0.39 is 24.5 Å². The molecule has 6 nitrogen and oxygen atoms in total. The van der Waals surface area contributed by atoms with E-state index in [-0.39, 0.29) is 5.70 Å². The van der Waals surface area contributed by atoms with Gasteiger partial charge in [0.25, 0.3) is 5.91 Å². The van der Waals surface area contributed by atoms with Crippen LogP contribution in [0, 0.1) is 3.57 Å². The van der Waals surface area contributed by atoms with Gasteiger partial charge in [0.1, 0.15) is 12.2 Å². The Balaban J connectivity index is 2.19. The fourth-order valence-corrected chi connectivity index (χ4v) is 1.99. The predicted octanol–water partition coefficient (Wildman–Crippen LogP) is 1.36. The van der Waals surface area contributed by atoms with E-state index in [1.54, 1.807) is 6.08 Å². The number of benzene rings is 1. The molecule has 7 heteroatoms. The van der Waals surface area contributed by atoms with Crippen molar-refractivity contribution in [2.24, 2.45) is 0 Å². The standard InChI is InChI=1S/C13H11IN2O4/c1-20-11(17)7-16-12(18)10(15-13(16)19)6-8-2-4-9(14)5-3-8/h2-6H,7H2,1H3,(H,15,19)/b10-6+. The SMILES string of the molecule is COC(=O)CN1C(=O)N/C(=C/c2ccc(I)cc2)C1=O. The van der Waals surface area contributed by atoms with Gasteiger partial charge in [0.05, 0.1) is 7.11 Å². The van der Waals surface area contributed by atoms with Crippen molar-refractivity contribution in [1.82, 2.24) is 10.2 Å². The fourth-order valence-electron chi connectivity index (χ4n) is 1.63. The molecule has 1 N–H and O–H groups in total. The van der Waals surface area contributed by atoms with Gasteiger partial charge in [0.15, 0.2) is 0 Å². The zero-order chi connectivity index (χ0) is 14.7. The minimum absolute atomic E-state index is 0.139. The molecule has 0 unspecified atom stereocenters. The van der Waals surface area contributed by atoms with Gasteiger partial charge in [-0.1, -0.05) is 12.1 Å². The van der Waals surface area contributed by atoms with Crippen molar-refractivity contribution >= 4 is 46.6 Å². The second-order valence-corrected chi connectivity index (χ2v) is 5.25. The van der Waals surface area contributed by atoms with Crippen molar-refractivity contribution in [3.8, 4) is 0 Å². The molecule has 0 saturated carbocycles. The maximum absolute atomic E-state index is 12.0. The molecular formula is C13H11IN2O4. The van der Waals surface area contributed by atoms with E-state index in [0.717, 1.165) is 14.0 Å². The smallest absolute Gasteiger partial charge is 0.329 e. The van der Waals surface area contributed by atoms with Crippen LogP contribution in [0.2, 0.25) is 0 Å². The Labute approximate surface area is 128 Å². The summed E-state index contributed by atoms with van der Waals surface area (Å²) in [5.74, 6) is -1.19. The van der Waals surface area contributed by atoms with E-state index in [4.69, 9.17) is 0 Å². The van der Waals surface area contributed by atoms with Gasteiger partial charge < -0.3 is 10.1 Å². The average molecular weight is 386 g/mol. The molecule has 0 atom stereocenters. The van der Waals surface area contributed by atoms with Crippen LogP contribution in [0.1, 0.15) is 5.56 Å². The molecule has 104 valence electrons. The second-order valence-electron chi connectivity index (χ2n) is 4.01. The number of nitrogens with one attached hydrogen (secondary N) is 1. The Hall–Kier alpha value is -1.90. The third-order valence-electron chi connectivity index (χ3n) is 2.66. The number of rotatable bonds is 3. The van der Waals surface area contributed by atoms with E-state index in [2.05, 4.69) is 32.6 Å². The molecule has 20 heavy (non-hydrogen) atoms. The summed E-state index contributed by atoms with van der Waals surface area (Å²) in [6, 6.07) is 6.81. The van der Waals surface area contributed by atoms with Crippen LogP contribution in [0.25, 0.3) is 6.08 Å². The number of amides is 3. The molecular weight excluding hydrogens is 375 g/mol. The zero-order valence-electron chi connectivity index (χ0n) is 10.6. The summed E-state index contributed by atoms with van der Waals surface area (Å²) in [6.07, 6.45) is 1.56. The summed E-state index contributed by atoms with van der Waals surface area (Å²) < 4.78 is 5.51. The number of ether oxygens (including phenoxy) is 1. The van der Waals surface area contributed by atoms with Crippen molar-refractivity contribution in [2.45, 2.75) is 0 Å². The number of nitrogens with zero attached hydrogens (tertiary/aromatic N) is 1. The van der Waals surface area contributed by atoms with Crippen molar-refractivity contribution in [3.05, 3.63) is 39.1 Å². The second kappa shape index (κ2) is 6.04. The molecule has 1 fully saturated rings. The average Bonchev–Trinajstić information content (AvgIpc) is 2.69.